The molecular weight excluding hydrogens is 206 g/mol. The van der Waals surface area contributed by atoms with Gasteiger partial charge in [0.25, 0.3) is 0 Å². The van der Waals surface area contributed by atoms with Gasteiger partial charge in [0.05, 0.1) is 24.9 Å². The van der Waals surface area contributed by atoms with Crippen molar-refractivity contribution in [3.63, 3.8) is 0 Å². The summed E-state index contributed by atoms with van der Waals surface area (Å²) in [5.41, 5.74) is 8.26. The van der Waals surface area contributed by atoms with E-state index in [1.54, 1.807) is 0 Å². The van der Waals surface area contributed by atoms with Crippen LogP contribution in [0.1, 0.15) is 0 Å². The van der Waals surface area contributed by atoms with Crippen molar-refractivity contribution in [1.29, 1.82) is 0 Å². The number of hydrogen-bond donors (Lipinski definition) is 3. The lowest BCUT2D eigenvalue weighted by Gasteiger charge is -2.39. The average Bonchev–Trinajstić information content (AvgIpc) is 2.25. The molecule has 0 aromatic heterocycles. The Kier molecular flexibility index (Phi) is 4.28. The van der Waals surface area contributed by atoms with Crippen molar-refractivity contribution in [2.24, 2.45) is 5.11 Å². The van der Waals surface area contributed by atoms with Crippen LogP contribution >= 0.6 is 0 Å². The third-order valence-electron chi connectivity index (χ3n) is 2.27. The first-order valence-corrected chi connectivity index (χ1v) is 4.35. The third kappa shape index (κ3) is 2.37. The van der Waals surface area contributed by atoms with E-state index in [0.29, 0.717) is 0 Å². The van der Waals surface area contributed by atoms with E-state index in [0.717, 1.165) is 0 Å². The molecule has 5 unspecified atom stereocenters. The van der Waals surface area contributed by atoms with Gasteiger partial charge in [-0.25, -0.2) is 0 Å². The molecule has 0 saturated carbocycles. The molecule has 3 N–H and O–H groups in total. The molecule has 8 heteroatoms. The number of azide groups is 1. The Morgan fingerprint density at radius 1 is 1.47 bits per heavy atom. The molecular formula is C7H13N3O5. The maximum absolute atomic E-state index is 9.59. The van der Waals surface area contributed by atoms with Gasteiger partial charge in [-0.2, -0.15) is 0 Å². The van der Waals surface area contributed by atoms with Gasteiger partial charge < -0.3 is 24.8 Å². The number of nitrogens with zero attached hydrogens (tertiary/aromatic N) is 3. The fourth-order valence-corrected chi connectivity index (χ4v) is 1.46. The zero-order chi connectivity index (χ0) is 11.4. The van der Waals surface area contributed by atoms with Crippen LogP contribution in [0.15, 0.2) is 5.11 Å². The highest BCUT2D eigenvalue weighted by molar-refractivity contribution is 4.93. The minimum Gasteiger partial charge on any atom is -0.394 e. The highest BCUT2D eigenvalue weighted by atomic mass is 16.7. The SMILES string of the molecule is COC1OC(CO)C(N=[N+]=[N-])C(O)C1O. The van der Waals surface area contributed by atoms with Crippen LogP contribution in [-0.4, -0.2) is 59.7 Å². The van der Waals surface area contributed by atoms with E-state index in [4.69, 9.17) is 20.1 Å². The van der Waals surface area contributed by atoms with Crippen molar-refractivity contribution in [2.45, 2.75) is 30.6 Å². The molecule has 1 heterocycles. The first-order chi connectivity index (χ1) is 7.15. The van der Waals surface area contributed by atoms with Gasteiger partial charge in [-0.3, -0.25) is 0 Å². The van der Waals surface area contributed by atoms with E-state index in [9.17, 15) is 10.2 Å². The number of hydrogen-bond acceptors (Lipinski definition) is 6. The zero-order valence-corrected chi connectivity index (χ0v) is 8.09. The van der Waals surface area contributed by atoms with Crippen molar-refractivity contribution < 1.29 is 24.8 Å². The number of ether oxygens (including phenoxy) is 2. The molecule has 0 aromatic rings. The monoisotopic (exact) mass is 219 g/mol. The third-order valence-corrected chi connectivity index (χ3v) is 2.27. The standard InChI is InChI=1S/C7H13N3O5/c1-14-7-6(13)5(12)4(9-10-8)3(2-11)15-7/h3-7,11-13H,2H2,1H3. The van der Waals surface area contributed by atoms with Crippen molar-refractivity contribution in [3.05, 3.63) is 10.4 Å². The Hall–Kier alpha value is -0.890. The Morgan fingerprint density at radius 3 is 2.60 bits per heavy atom. The molecule has 1 saturated heterocycles. The molecule has 5 atom stereocenters. The van der Waals surface area contributed by atoms with E-state index >= 15 is 0 Å². The summed E-state index contributed by atoms with van der Waals surface area (Å²) in [5.74, 6) is 0. The van der Waals surface area contributed by atoms with Crippen LogP contribution in [0.4, 0.5) is 0 Å². The average molecular weight is 219 g/mol. The van der Waals surface area contributed by atoms with Gasteiger partial charge in [0, 0.05) is 12.0 Å². The number of aliphatic hydroxyl groups excluding tert-OH is 3. The lowest BCUT2D eigenvalue weighted by Crippen LogP contribution is -2.58. The van der Waals surface area contributed by atoms with Crippen molar-refractivity contribution in [2.75, 3.05) is 13.7 Å². The summed E-state index contributed by atoms with van der Waals surface area (Å²) in [4.78, 5) is 2.52. The van der Waals surface area contributed by atoms with Gasteiger partial charge in [-0.1, -0.05) is 5.11 Å². The van der Waals surface area contributed by atoms with Crippen LogP contribution in [-0.2, 0) is 9.47 Å². The molecule has 0 bridgehead atoms. The highest BCUT2D eigenvalue weighted by Crippen LogP contribution is 2.23. The van der Waals surface area contributed by atoms with Crippen LogP contribution in [0.25, 0.3) is 10.4 Å². The van der Waals surface area contributed by atoms with Gasteiger partial charge in [0.15, 0.2) is 6.29 Å². The molecule has 0 aliphatic carbocycles. The maximum atomic E-state index is 9.59. The van der Waals surface area contributed by atoms with E-state index < -0.39 is 37.3 Å². The molecule has 1 fully saturated rings. The van der Waals surface area contributed by atoms with Crippen molar-refractivity contribution in [1.82, 2.24) is 0 Å². The molecule has 86 valence electrons. The predicted molar refractivity (Wildman–Crippen MR) is 47.7 cm³/mol. The number of methoxy groups -OCH3 is 1. The molecule has 0 aromatic carbocycles. The van der Waals surface area contributed by atoms with Crippen LogP contribution in [0.2, 0.25) is 0 Å². The second-order valence-corrected chi connectivity index (χ2v) is 3.14. The second kappa shape index (κ2) is 5.26. The lowest BCUT2D eigenvalue weighted by atomic mass is 9.97. The molecule has 1 aliphatic heterocycles. The molecule has 0 radical (unpaired) electrons. The Bertz CT molecular complexity index is 255. The fraction of sp³-hybridized carbons (Fsp3) is 1.00. The largest absolute Gasteiger partial charge is 0.394 e. The topological polar surface area (TPSA) is 128 Å². The summed E-state index contributed by atoms with van der Waals surface area (Å²) >= 11 is 0. The minimum absolute atomic E-state index is 0.437. The normalized spacial score (nSPS) is 40.9. The fourth-order valence-electron chi connectivity index (χ4n) is 1.46. The number of rotatable bonds is 3. The zero-order valence-electron chi connectivity index (χ0n) is 8.09. The molecule has 15 heavy (non-hydrogen) atoms. The summed E-state index contributed by atoms with van der Waals surface area (Å²) in [6.45, 7) is -0.437. The van der Waals surface area contributed by atoms with Crippen molar-refractivity contribution in [3.8, 4) is 0 Å². The van der Waals surface area contributed by atoms with Gasteiger partial charge in [-0.15, -0.1) is 0 Å². The predicted octanol–water partition coefficient (Wildman–Crippen LogP) is -1.25. The molecule has 1 aliphatic rings. The van der Waals surface area contributed by atoms with E-state index in [1.807, 2.05) is 0 Å². The van der Waals surface area contributed by atoms with Gasteiger partial charge in [-0.05, 0) is 5.53 Å². The summed E-state index contributed by atoms with van der Waals surface area (Å²) in [7, 11) is 1.29. The van der Waals surface area contributed by atoms with Crippen LogP contribution < -0.4 is 0 Å². The first kappa shape index (κ1) is 12.2. The summed E-state index contributed by atoms with van der Waals surface area (Å²) in [6.07, 6.45) is -4.56. The molecule has 0 spiro atoms. The smallest absolute Gasteiger partial charge is 0.186 e. The van der Waals surface area contributed by atoms with Crippen LogP contribution in [0, 0.1) is 0 Å². The molecule has 1 rings (SSSR count). The first-order valence-electron chi connectivity index (χ1n) is 4.35. The van der Waals surface area contributed by atoms with Crippen molar-refractivity contribution >= 4 is 0 Å². The Morgan fingerprint density at radius 2 is 2.13 bits per heavy atom. The minimum atomic E-state index is -1.32. The van der Waals surface area contributed by atoms with Gasteiger partial charge in [0.1, 0.15) is 6.10 Å². The second-order valence-electron chi connectivity index (χ2n) is 3.14. The molecule has 0 amide bonds. The van der Waals surface area contributed by atoms with Crippen LogP contribution in [0.5, 0.6) is 0 Å². The van der Waals surface area contributed by atoms with E-state index in [-0.39, 0.29) is 0 Å². The Labute approximate surface area is 85.7 Å². The summed E-state index contributed by atoms with van der Waals surface area (Å²) < 4.78 is 9.84. The van der Waals surface area contributed by atoms with E-state index in [2.05, 4.69) is 10.0 Å². The maximum Gasteiger partial charge on any atom is 0.186 e. The number of aliphatic hydroxyl groups is 3. The summed E-state index contributed by atoms with van der Waals surface area (Å²) in [5, 5.41) is 31.3. The highest BCUT2D eigenvalue weighted by Gasteiger charge is 2.43. The lowest BCUT2D eigenvalue weighted by molar-refractivity contribution is -0.268. The van der Waals surface area contributed by atoms with E-state index in [1.165, 1.54) is 7.11 Å². The Balaban J connectivity index is 2.83. The summed E-state index contributed by atoms with van der Waals surface area (Å²) in [6, 6.07) is -1.03. The van der Waals surface area contributed by atoms with Gasteiger partial charge >= 0.3 is 0 Å². The van der Waals surface area contributed by atoms with Gasteiger partial charge in [0.2, 0.25) is 0 Å². The van der Waals surface area contributed by atoms with Crippen LogP contribution in [0.3, 0.4) is 0 Å². The quantitative estimate of drug-likeness (QED) is 0.310. The molecule has 8 nitrogen and oxygen atoms in total.